The van der Waals surface area contributed by atoms with Gasteiger partial charge in [0, 0.05) is 7.11 Å². The molecule has 0 aromatic heterocycles. The van der Waals surface area contributed by atoms with Crippen LogP contribution in [0.3, 0.4) is 0 Å². The van der Waals surface area contributed by atoms with Crippen LogP contribution in [0.2, 0.25) is 0 Å². The van der Waals surface area contributed by atoms with Crippen molar-refractivity contribution in [2.45, 2.75) is 39.0 Å². The molecule has 2 rings (SSSR count). The smallest absolute Gasteiger partial charge is 0.228 e. The average Bonchev–Trinajstić information content (AvgIpc) is 2.59. The summed E-state index contributed by atoms with van der Waals surface area (Å²) in [7, 11) is 1.66. The normalized spacial score (nSPS) is 16.5. The lowest BCUT2D eigenvalue weighted by Crippen LogP contribution is -2.50. The van der Waals surface area contributed by atoms with E-state index < -0.39 is 5.41 Å². The van der Waals surface area contributed by atoms with E-state index in [4.69, 9.17) is 9.47 Å². The topological polar surface area (TPSA) is 59.6 Å². The average molecular weight is 385 g/mol. The van der Waals surface area contributed by atoms with Crippen LogP contribution in [0.25, 0.3) is 0 Å². The van der Waals surface area contributed by atoms with E-state index in [9.17, 15) is 4.79 Å². The fraction of sp³-hybridized carbons (Fsp3) is 0.650. The van der Waals surface area contributed by atoms with Crippen LogP contribution in [-0.4, -0.2) is 45.9 Å². The second kappa shape index (κ2) is 10.1. The molecule has 1 fully saturated rings. The molecule has 1 heterocycles. The van der Waals surface area contributed by atoms with Crippen molar-refractivity contribution in [3.8, 4) is 5.75 Å². The highest BCUT2D eigenvalue weighted by Gasteiger charge is 2.39. The molecular formula is C20H33ClN2O3. The van der Waals surface area contributed by atoms with Gasteiger partial charge in [0.15, 0.2) is 0 Å². The number of piperidine rings is 1. The zero-order valence-corrected chi connectivity index (χ0v) is 17.2. The standard InChI is InChI=1S/C20H32N2O3.ClH/c1-19(2,3)16-7-5-6-8-17(16)25-14-13-22-18(23)20(15-24-4)9-11-21-12-10-20;/h5-8,21H,9-15H2,1-4H3,(H,22,23);1H. The van der Waals surface area contributed by atoms with E-state index in [0.717, 1.165) is 31.7 Å². The molecule has 6 heteroatoms. The maximum absolute atomic E-state index is 12.7. The third-order valence-electron chi connectivity index (χ3n) is 4.80. The molecule has 1 aromatic rings. The third-order valence-corrected chi connectivity index (χ3v) is 4.80. The Morgan fingerprint density at radius 3 is 2.50 bits per heavy atom. The molecule has 0 unspecified atom stereocenters. The first kappa shape index (κ1) is 22.7. The van der Waals surface area contributed by atoms with E-state index in [1.807, 2.05) is 18.2 Å². The lowest BCUT2D eigenvalue weighted by molar-refractivity contribution is -0.136. The van der Waals surface area contributed by atoms with Crippen molar-refractivity contribution in [2.75, 3.05) is 40.0 Å². The van der Waals surface area contributed by atoms with E-state index in [1.54, 1.807) is 7.11 Å². The van der Waals surface area contributed by atoms with E-state index in [1.165, 1.54) is 5.56 Å². The molecule has 0 bridgehead atoms. The molecule has 2 N–H and O–H groups in total. The molecule has 1 saturated heterocycles. The van der Waals surface area contributed by atoms with Gasteiger partial charge in [0.2, 0.25) is 5.91 Å². The summed E-state index contributed by atoms with van der Waals surface area (Å²) >= 11 is 0. The van der Waals surface area contributed by atoms with Crippen molar-refractivity contribution in [1.29, 1.82) is 0 Å². The van der Waals surface area contributed by atoms with Gasteiger partial charge in [-0.2, -0.15) is 0 Å². The van der Waals surface area contributed by atoms with Gasteiger partial charge in [-0.05, 0) is 43.0 Å². The Bertz CT molecular complexity index is 561. The van der Waals surface area contributed by atoms with Crippen LogP contribution in [0.4, 0.5) is 0 Å². The van der Waals surface area contributed by atoms with E-state index >= 15 is 0 Å². The molecule has 1 amide bonds. The number of amides is 1. The van der Waals surface area contributed by atoms with Crippen molar-refractivity contribution in [3.63, 3.8) is 0 Å². The van der Waals surface area contributed by atoms with Gasteiger partial charge in [-0.25, -0.2) is 0 Å². The highest BCUT2D eigenvalue weighted by atomic mass is 35.5. The first-order valence-corrected chi connectivity index (χ1v) is 9.09. The van der Waals surface area contributed by atoms with E-state index in [2.05, 4.69) is 37.5 Å². The zero-order chi connectivity index (χ0) is 18.3. The molecule has 0 aliphatic carbocycles. The van der Waals surface area contributed by atoms with E-state index in [-0.39, 0.29) is 23.7 Å². The van der Waals surface area contributed by atoms with Crippen molar-refractivity contribution in [2.24, 2.45) is 5.41 Å². The molecule has 26 heavy (non-hydrogen) atoms. The number of carbonyl (C=O) groups is 1. The molecule has 1 aromatic carbocycles. The predicted molar refractivity (Wildman–Crippen MR) is 107 cm³/mol. The van der Waals surface area contributed by atoms with Crippen molar-refractivity contribution >= 4 is 18.3 Å². The Hall–Kier alpha value is -1.30. The third kappa shape index (κ3) is 5.86. The van der Waals surface area contributed by atoms with Crippen molar-refractivity contribution in [3.05, 3.63) is 29.8 Å². The van der Waals surface area contributed by atoms with Crippen LogP contribution < -0.4 is 15.4 Å². The lowest BCUT2D eigenvalue weighted by Gasteiger charge is -2.35. The van der Waals surface area contributed by atoms with Gasteiger partial charge < -0.3 is 20.1 Å². The molecule has 0 radical (unpaired) electrons. The second-order valence-electron chi connectivity index (χ2n) is 7.81. The summed E-state index contributed by atoms with van der Waals surface area (Å²) in [4.78, 5) is 12.7. The SMILES string of the molecule is COCC1(C(=O)NCCOc2ccccc2C(C)(C)C)CCNCC1.Cl. The summed E-state index contributed by atoms with van der Waals surface area (Å²) in [5.41, 5.74) is 0.788. The molecule has 1 aliphatic rings. The van der Waals surface area contributed by atoms with Gasteiger partial charge in [-0.3, -0.25) is 4.79 Å². The molecular weight excluding hydrogens is 352 g/mol. The van der Waals surface area contributed by atoms with Crippen LogP contribution in [0, 0.1) is 5.41 Å². The number of nitrogens with one attached hydrogen (secondary N) is 2. The number of hydrogen-bond acceptors (Lipinski definition) is 4. The minimum atomic E-state index is -0.413. The maximum Gasteiger partial charge on any atom is 0.228 e. The Morgan fingerprint density at radius 1 is 1.23 bits per heavy atom. The summed E-state index contributed by atoms with van der Waals surface area (Å²) in [6.45, 7) is 9.64. The van der Waals surface area contributed by atoms with Crippen LogP contribution >= 0.6 is 12.4 Å². The number of rotatable bonds is 7. The number of benzene rings is 1. The predicted octanol–water partition coefficient (Wildman–Crippen LogP) is 2.92. The first-order chi connectivity index (χ1) is 11.9. The second-order valence-corrected chi connectivity index (χ2v) is 7.81. The quantitative estimate of drug-likeness (QED) is 0.709. The number of para-hydroxylation sites is 1. The minimum absolute atomic E-state index is 0. The monoisotopic (exact) mass is 384 g/mol. The molecule has 0 spiro atoms. The highest BCUT2D eigenvalue weighted by Crippen LogP contribution is 2.31. The largest absolute Gasteiger partial charge is 0.491 e. The molecule has 5 nitrogen and oxygen atoms in total. The van der Waals surface area contributed by atoms with Gasteiger partial charge in [0.1, 0.15) is 12.4 Å². The number of carbonyl (C=O) groups excluding carboxylic acids is 1. The van der Waals surface area contributed by atoms with Gasteiger partial charge in [0.05, 0.1) is 18.6 Å². The van der Waals surface area contributed by atoms with Gasteiger partial charge in [-0.15, -0.1) is 12.4 Å². The molecule has 1 aliphatic heterocycles. The fourth-order valence-electron chi connectivity index (χ4n) is 3.34. The van der Waals surface area contributed by atoms with Crippen LogP contribution in [0.1, 0.15) is 39.2 Å². The summed E-state index contributed by atoms with van der Waals surface area (Å²) in [5, 5.41) is 6.34. The van der Waals surface area contributed by atoms with Crippen LogP contribution in [-0.2, 0) is 14.9 Å². The first-order valence-electron chi connectivity index (χ1n) is 9.09. The number of hydrogen-bond donors (Lipinski definition) is 2. The van der Waals surface area contributed by atoms with Crippen molar-refractivity contribution in [1.82, 2.24) is 10.6 Å². The number of halogens is 1. The van der Waals surface area contributed by atoms with Gasteiger partial charge in [0.25, 0.3) is 0 Å². The molecule has 0 atom stereocenters. The summed E-state index contributed by atoms with van der Waals surface area (Å²) in [6.07, 6.45) is 1.61. The zero-order valence-electron chi connectivity index (χ0n) is 16.4. The van der Waals surface area contributed by atoms with Gasteiger partial charge in [-0.1, -0.05) is 39.0 Å². The maximum atomic E-state index is 12.7. The Morgan fingerprint density at radius 2 is 1.88 bits per heavy atom. The Balaban J connectivity index is 0.00000338. The molecule has 0 saturated carbocycles. The summed E-state index contributed by atoms with van der Waals surface area (Å²) in [6, 6.07) is 8.09. The van der Waals surface area contributed by atoms with Crippen LogP contribution in [0.5, 0.6) is 5.75 Å². The summed E-state index contributed by atoms with van der Waals surface area (Å²) < 4.78 is 11.3. The van der Waals surface area contributed by atoms with Crippen LogP contribution in [0.15, 0.2) is 24.3 Å². The van der Waals surface area contributed by atoms with Crippen molar-refractivity contribution < 1.29 is 14.3 Å². The number of methoxy groups -OCH3 is 1. The van der Waals surface area contributed by atoms with E-state index in [0.29, 0.717) is 19.8 Å². The highest BCUT2D eigenvalue weighted by molar-refractivity contribution is 5.85. The Kier molecular flexibility index (Phi) is 8.87. The van der Waals surface area contributed by atoms with Gasteiger partial charge >= 0.3 is 0 Å². The Labute approximate surface area is 163 Å². The number of ether oxygens (including phenoxy) is 2. The minimum Gasteiger partial charge on any atom is -0.491 e. The fourth-order valence-corrected chi connectivity index (χ4v) is 3.34. The lowest BCUT2D eigenvalue weighted by atomic mass is 9.78. The summed E-state index contributed by atoms with van der Waals surface area (Å²) in [5.74, 6) is 0.960. The molecule has 148 valence electrons.